The Hall–Kier alpha value is -3.68. The van der Waals surface area contributed by atoms with Crippen LogP contribution in [-0.4, -0.2) is 31.9 Å². The van der Waals surface area contributed by atoms with E-state index >= 15 is 0 Å². The maximum absolute atomic E-state index is 13.6. The van der Waals surface area contributed by atoms with Gasteiger partial charge in [-0.2, -0.15) is 13.2 Å². The van der Waals surface area contributed by atoms with Crippen LogP contribution in [0.2, 0.25) is 0 Å². The Bertz CT molecular complexity index is 1250. The molecule has 174 valence electrons. The number of aromatic nitrogens is 3. The van der Waals surface area contributed by atoms with E-state index in [1.165, 1.54) is 16.7 Å². The fourth-order valence-corrected chi connectivity index (χ4v) is 4.81. The first-order chi connectivity index (χ1) is 16.4. The van der Waals surface area contributed by atoms with Crippen LogP contribution in [0.3, 0.4) is 0 Å². The second kappa shape index (κ2) is 8.93. The Morgan fingerprint density at radius 3 is 2.21 bits per heavy atom. The summed E-state index contributed by atoms with van der Waals surface area (Å²) in [5.74, 6) is 0.190. The summed E-state index contributed by atoms with van der Waals surface area (Å²) in [7, 11) is 0. The number of carbonyl (C=O) groups is 1. The summed E-state index contributed by atoms with van der Waals surface area (Å²) in [6.07, 6.45) is -1.36. The number of alkyl halides is 3. The van der Waals surface area contributed by atoms with E-state index < -0.39 is 17.8 Å². The summed E-state index contributed by atoms with van der Waals surface area (Å²) >= 11 is 0. The van der Waals surface area contributed by atoms with Crippen molar-refractivity contribution < 1.29 is 18.0 Å². The van der Waals surface area contributed by atoms with Gasteiger partial charge in [-0.25, -0.2) is 0 Å². The molecule has 0 radical (unpaired) electrons. The third kappa shape index (κ3) is 4.16. The molecule has 34 heavy (non-hydrogen) atoms. The molecule has 3 heterocycles. The zero-order valence-electron chi connectivity index (χ0n) is 18.3. The standard InChI is InChI=1S/C26H23F3N4O/c27-26(28,29)21-13-7-16-33-24(21)30-31-25(33)22-14-8-15-32(22)23(34)17-20(18-9-3-1-4-10-18)19-11-5-2-6-12-19/h1-7,9-13,16,20,22H,8,14-15,17H2. The van der Waals surface area contributed by atoms with E-state index in [0.717, 1.165) is 23.6 Å². The minimum absolute atomic E-state index is 0.0519. The van der Waals surface area contributed by atoms with Gasteiger partial charge >= 0.3 is 6.18 Å². The van der Waals surface area contributed by atoms with Gasteiger partial charge in [-0.05, 0) is 36.1 Å². The molecule has 1 unspecified atom stereocenters. The number of hydrogen-bond acceptors (Lipinski definition) is 3. The van der Waals surface area contributed by atoms with Crippen molar-refractivity contribution in [2.45, 2.75) is 37.4 Å². The van der Waals surface area contributed by atoms with E-state index in [4.69, 9.17) is 0 Å². The van der Waals surface area contributed by atoms with E-state index in [1.807, 2.05) is 60.7 Å². The molecule has 0 saturated carbocycles. The van der Waals surface area contributed by atoms with E-state index in [2.05, 4.69) is 10.2 Å². The highest BCUT2D eigenvalue weighted by Gasteiger charge is 2.37. The van der Waals surface area contributed by atoms with Gasteiger partial charge < -0.3 is 4.90 Å². The number of amides is 1. The number of likely N-dealkylation sites (tertiary alicyclic amines) is 1. The van der Waals surface area contributed by atoms with E-state index in [0.29, 0.717) is 18.8 Å². The number of nitrogens with zero attached hydrogens (tertiary/aromatic N) is 4. The van der Waals surface area contributed by atoms with Crippen molar-refractivity contribution in [3.05, 3.63) is 102 Å². The Balaban J connectivity index is 1.45. The molecule has 1 aliphatic rings. The lowest BCUT2D eigenvalue weighted by atomic mass is 9.88. The van der Waals surface area contributed by atoms with Crippen LogP contribution >= 0.6 is 0 Å². The topological polar surface area (TPSA) is 50.5 Å². The van der Waals surface area contributed by atoms with Gasteiger partial charge in [0.1, 0.15) is 5.56 Å². The summed E-state index contributed by atoms with van der Waals surface area (Å²) in [6, 6.07) is 21.7. The molecule has 1 atom stereocenters. The highest BCUT2D eigenvalue weighted by molar-refractivity contribution is 5.78. The Kier molecular flexibility index (Phi) is 5.81. The second-order valence-corrected chi connectivity index (χ2v) is 8.49. The maximum Gasteiger partial charge on any atom is 0.420 e. The predicted octanol–water partition coefficient (Wildman–Crippen LogP) is 5.63. The molecule has 1 fully saturated rings. The molecular weight excluding hydrogens is 441 g/mol. The van der Waals surface area contributed by atoms with Gasteiger partial charge in [0.15, 0.2) is 11.5 Å². The number of benzene rings is 2. The zero-order valence-corrected chi connectivity index (χ0v) is 18.3. The minimum Gasteiger partial charge on any atom is -0.332 e. The summed E-state index contributed by atoms with van der Waals surface area (Å²) in [6.45, 7) is 0.535. The van der Waals surface area contributed by atoms with E-state index in [-0.39, 0.29) is 23.9 Å². The van der Waals surface area contributed by atoms with E-state index in [9.17, 15) is 18.0 Å². The first-order valence-corrected chi connectivity index (χ1v) is 11.2. The van der Waals surface area contributed by atoms with Crippen LogP contribution in [0.1, 0.15) is 53.7 Å². The number of fused-ring (bicyclic) bond motifs is 1. The van der Waals surface area contributed by atoms with Crippen LogP contribution < -0.4 is 0 Å². The van der Waals surface area contributed by atoms with Crippen molar-refractivity contribution in [1.82, 2.24) is 19.5 Å². The minimum atomic E-state index is -4.53. The molecule has 1 aliphatic heterocycles. The highest BCUT2D eigenvalue weighted by Crippen LogP contribution is 2.37. The lowest BCUT2D eigenvalue weighted by Gasteiger charge is -2.26. The Morgan fingerprint density at radius 1 is 0.941 bits per heavy atom. The van der Waals surface area contributed by atoms with Crippen molar-refractivity contribution >= 4 is 11.6 Å². The van der Waals surface area contributed by atoms with Crippen LogP contribution in [-0.2, 0) is 11.0 Å². The van der Waals surface area contributed by atoms with Crippen molar-refractivity contribution in [3.63, 3.8) is 0 Å². The Labute approximate surface area is 194 Å². The van der Waals surface area contributed by atoms with Crippen molar-refractivity contribution in [2.24, 2.45) is 0 Å². The smallest absolute Gasteiger partial charge is 0.332 e. The summed E-state index contributed by atoms with van der Waals surface area (Å²) in [5.41, 5.74) is 1.01. The molecule has 1 amide bonds. The second-order valence-electron chi connectivity index (χ2n) is 8.49. The molecule has 0 N–H and O–H groups in total. The molecular formula is C26H23F3N4O. The number of halogens is 3. The van der Waals surface area contributed by atoms with Crippen LogP contribution in [0.4, 0.5) is 13.2 Å². The van der Waals surface area contributed by atoms with Gasteiger partial charge in [0.05, 0.1) is 6.04 Å². The number of pyridine rings is 1. The summed E-state index contributed by atoms with van der Waals surface area (Å²) in [5, 5.41) is 7.93. The molecule has 0 bridgehead atoms. The first-order valence-electron chi connectivity index (χ1n) is 11.2. The van der Waals surface area contributed by atoms with Crippen molar-refractivity contribution in [2.75, 3.05) is 6.54 Å². The third-order valence-electron chi connectivity index (χ3n) is 6.42. The fourth-order valence-electron chi connectivity index (χ4n) is 4.81. The van der Waals surface area contributed by atoms with Gasteiger partial charge in [-0.1, -0.05) is 60.7 Å². The lowest BCUT2D eigenvalue weighted by molar-refractivity contribution is -0.136. The number of rotatable bonds is 5. The average molecular weight is 464 g/mol. The molecule has 8 heteroatoms. The number of hydrogen-bond donors (Lipinski definition) is 0. The van der Waals surface area contributed by atoms with Crippen LogP contribution in [0, 0.1) is 0 Å². The monoisotopic (exact) mass is 464 g/mol. The number of carbonyl (C=O) groups excluding carboxylic acids is 1. The molecule has 5 nitrogen and oxygen atoms in total. The van der Waals surface area contributed by atoms with Crippen molar-refractivity contribution in [1.29, 1.82) is 0 Å². The molecule has 4 aromatic rings. The molecule has 1 saturated heterocycles. The SMILES string of the molecule is O=C(CC(c1ccccc1)c1ccccc1)N1CCCC1c1nnc2c(C(F)(F)F)cccn12. The molecule has 0 spiro atoms. The molecule has 0 aliphatic carbocycles. The largest absolute Gasteiger partial charge is 0.420 e. The average Bonchev–Trinajstić information content (AvgIpc) is 3.49. The highest BCUT2D eigenvalue weighted by atomic mass is 19.4. The molecule has 5 rings (SSSR count). The Morgan fingerprint density at radius 2 is 1.59 bits per heavy atom. The first kappa shape index (κ1) is 22.1. The summed E-state index contributed by atoms with van der Waals surface area (Å²) in [4.78, 5) is 15.3. The van der Waals surface area contributed by atoms with Gasteiger partial charge in [-0.3, -0.25) is 9.20 Å². The van der Waals surface area contributed by atoms with Gasteiger partial charge in [-0.15, -0.1) is 10.2 Å². The lowest BCUT2D eigenvalue weighted by Crippen LogP contribution is -2.32. The van der Waals surface area contributed by atoms with Gasteiger partial charge in [0.25, 0.3) is 0 Å². The van der Waals surface area contributed by atoms with Gasteiger partial charge in [0.2, 0.25) is 5.91 Å². The third-order valence-corrected chi connectivity index (χ3v) is 6.42. The van der Waals surface area contributed by atoms with Gasteiger partial charge in [0, 0.05) is 25.1 Å². The fraction of sp³-hybridized carbons (Fsp3) is 0.269. The van der Waals surface area contributed by atoms with Crippen molar-refractivity contribution in [3.8, 4) is 0 Å². The molecule has 2 aromatic carbocycles. The van der Waals surface area contributed by atoms with Crippen LogP contribution in [0.25, 0.3) is 5.65 Å². The molecule has 2 aromatic heterocycles. The zero-order chi connectivity index (χ0) is 23.7. The normalized spacial score (nSPS) is 16.5. The maximum atomic E-state index is 13.6. The summed E-state index contributed by atoms with van der Waals surface area (Å²) < 4.78 is 41.7. The van der Waals surface area contributed by atoms with Crippen LogP contribution in [0.5, 0.6) is 0 Å². The predicted molar refractivity (Wildman–Crippen MR) is 121 cm³/mol. The van der Waals surface area contributed by atoms with E-state index in [1.54, 1.807) is 4.90 Å². The quantitative estimate of drug-likeness (QED) is 0.384. The van der Waals surface area contributed by atoms with Crippen LogP contribution in [0.15, 0.2) is 79.0 Å².